The van der Waals surface area contributed by atoms with Crippen LogP contribution in [0.15, 0.2) is 0 Å². The fourth-order valence-corrected chi connectivity index (χ4v) is 1.92. The number of aliphatic carboxylic acids is 1. The molecule has 3 atom stereocenters. The first-order chi connectivity index (χ1) is 8.42. The van der Waals surface area contributed by atoms with E-state index < -0.39 is 28.8 Å². The van der Waals surface area contributed by atoms with Crippen LogP contribution in [0, 0.1) is 5.92 Å². The van der Waals surface area contributed by atoms with E-state index in [1.54, 1.807) is 13.8 Å². The van der Waals surface area contributed by atoms with Crippen molar-refractivity contribution in [3.8, 4) is 0 Å². The molecular formula is C11H22N2O4S. The minimum Gasteiger partial charge on any atom is -0.480 e. The number of carboxylic acids is 1. The highest BCUT2D eigenvalue weighted by Crippen LogP contribution is 2.07. The van der Waals surface area contributed by atoms with E-state index in [1.807, 2.05) is 6.92 Å². The van der Waals surface area contributed by atoms with Gasteiger partial charge in [-0.1, -0.05) is 27.2 Å². The van der Waals surface area contributed by atoms with Crippen molar-refractivity contribution in [3.05, 3.63) is 0 Å². The molecule has 0 saturated carbocycles. The number of nitrogens with one attached hydrogen (secondary N) is 2. The second-order valence-electron chi connectivity index (χ2n) is 4.03. The van der Waals surface area contributed by atoms with Crippen molar-refractivity contribution in [1.82, 2.24) is 10.6 Å². The van der Waals surface area contributed by atoms with E-state index >= 15 is 0 Å². The maximum atomic E-state index is 11.5. The van der Waals surface area contributed by atoms with Gasteiger partial charge < -0.3 is 15.7 Å². The summed E-state index contributed by atoms with van der Waals surface area (Å²) < 4.78 is 11.1. The Morgan fingerprint density at radius 3 is 2.39 bits per heavy atom. The highest BCUT2D eigenvalue weighted by Gasteiger charge is 2.24. The quantitative estimate of drug-likeness (QED) is 0.604. The van der Waals surface area contributed by atoms with Crippen LogP contribution in [0.25, 0.3) is 0 Å². The smallest absolute Gasteiger partial charge is 0.326 e. The zero-order chi connectivity index (χ0) is 14.1. The molecule has 0 fully saturated rings. The summed E-state index contributed by atoms with van der Waals surface area (Å²) in [5.74, 6) is -0.256. The molecule has 0 radical (unpaired) electrons. The highest BCUT2D eigenvalue weighted by atomic mass is 32.2. The summed E-state index contributed by atoms with van der Waals surface area (Å²) in [6, 6.07) is -1.43. The minimum atomic E-state index is -1.04. The molecule has 7 heteroatoms. The van der Waals surface area contributed by atoms with Crippen LogP contribution < -0.4 is 10.6 Å². The van der Waals surface area contributed by atoms with E-state index in [-0.39, 0.29) is 12.5 Å². The van der Waals surface area contributed by atoms with E-state index in [0.29, 0.717) is 17.9 Å². The molecule has 6 nitrogen and oxygen atoms in total. The SMILES string of the molecule is CCC(C)C(NC(=O)NCCS(=O)CC)C(=O)O. The largest absolute Gasteiger partial charge is 0.480 e. The maximum absolute atomic E-state index is 11.5. The third kappa shape index (κ3) is 6.58. The van der Waals surface area contributed by atoms with Crippen LogP contribution in [0.5, 0.6) is 0 Å². The van der Waals surface area contributed by atoms with Crippen molar-refractivity contribution in [2.24, 2.45) is 5.92 Å². The molecule has 3 unspecified atom stereocenters. The standard InChI is InChI=1S/C11H22N2O4S/c1-4-8(3)9(10(14)15)13-11(16)12-6-7-18(17)5-2/h8-9H,4-7H2,1-3H3,(H,14,15)(H2,12,13,16). The predicted octanol–water partition coefficient (Wildman–Crippen LogP) is 0.554. The number of urea groups is 1. The molecule has 0 aliphatic carbocycles. The number of rotatable bonds is 8. The molecule has 0 aromatic heterocycles. The van der Waals surface area contributed by atoms with Gasteiger partial charge in [0.15, 0.2) is 0 Å². The average Bonchev–Trinajstić information content (AvgIpc) is 2.34. The molecule has 106 valence electrons. The van der Waals surface area contributed by atoms with E-state index in [0.717, 1.165) is 0 Å². The molecule has 2 amide bonds. The predicted molar refractivity (Wildman–Crippen MR) is 71.0 cm³/mol. The van der Waals surface area contributed by atoms with Crippen LogP contribution in [0.1, 0.15) is 27.2 Å². The lowest BCUT2D eigenvalue weighted by Gasteiger charge is -2.20. The Hall–Kier alpha value is -1.11. The number of carboxylic acid groups (broad SMARTS) is 1. The summed E-state index contributed by atoms with van der Waals surface area (Å²) in [7, 11) is -0.934. The van der Waals surface area contributed by atoms with Crippen LogP contribution >= 0.6 is 0 Å². The normalized spacial score (nSPS) is 15.5. The van der Waals surface area contributed by atoms with Gasteiger partial charge in [-0.15, -0.1) is 0 Å². The molecule has 3 N–H and O–H groups in total. The molecule has 0 rings (SSSR count). The third-order valence-corrected chi connectivity index (χ3v) is 4.01. The van der Waals surface area contributed by atoms with Crippen molar-refractivity contribution in [2.75, 3.05) is 18.1 Å². The number of carbonyl (C=O) groups is 2. The van der Waals surface area contributed by atoms with Crippen LogP contribution in [-0.2, 0) is 15.6 Å². The van der Waals surface area contributed by atoms with Crippen LogP contribution in [0.2, 0.25) is 0 Å². The lowest BCUT2D eigenvalue weighted by Crippen LogP contribution is -2.49. The second-order valence-corrected chi connectivity index (χ2v) is 5.90. The topological polar surface area (TPSA) is 95.5 Å². The molecule has 0 aliphatic heterocycles. The van der Waals surface area contributed by atoms with E-state index in [4.69, 9.17) is 5.11 Å². The highest BCUT2D eigenvalue weighted by molar-refractivity contribution is 7.84. The molecule has 0 saturated heterocycles. The molecule has 0 aromatic rings. The fraction of sp³-hybridized carbons (Fsp3) is 0.818. The summed E-state index contributed by atoms with van der Waals surface area (Å²) in [5, 5.41) is 13.9. The van der Waals surface area contributed by atoms with Gasteiger partial charge in [-0.2, -0.15) is 0 Å². The van der Waals surface area contributed by atoms with E-state index in [1.165, 1.54) is 0 Å². The molecule has 0 heterocycles. The minimum absolute atomic E-state index is 0.141. The summed E-state index contributed by atoms with van der Waals surface area (Å²) in [4.78, 5) is 22.4. The summed E-state index contributed by atoms with van der Waals surface area (Å²) >= 11 is 0. The Balaban J connectivity index is 4.11. The Kier molecular flexibility index (Phi) is 8.36. The monoisotopic (exact) mass is 278 g/mol. The van der Waals surface area contributed by atoms with Crippen molar-refractivity contribution in [2.45, 2.75) is 33.2 Å². The molecular weight excluding hydrogens is 256 g/mol. The molecule has 18 heavy (non-hydrogen) atoms. The Labute approximate surface area is 110 Å². The first kappa shape index (κ1) is 16.9. The first-order valence-corrected chi connectivity index (χ1v) is 7.53. The van der Waals surface area contributed by atoms with Gasteiger partial charge in [-0.25, -0.2) is 9.59 Å². The second kappa shape index (κ2) is 8.91. The maximum Gasteiger partial charge on any atom is 0.326 e. The zero-order valence-corrected chi connectivity index (χ0v) is 11.9. The van der Waals surface area contributed by atoms with Gasteiger partial charge in [-0.05, 0) is 5.92 Å². The fourth-order valence-electron chi connectivity index (χ4n) is 1.30. The van der Waals surface area contributed by atoms with Gasteiger partial charge in [0.05, 0.1) is 0 Å². The van der Waals surface area contributed by atoms with Crippen LogP contribution in [0.3, 0.4) is 0 Å². The van der Waals surface area contributed by atoms with Gasteiger partial charge in [0, 0.05) is 28.9 Å². The van der Waals surface area contributed by atoms with Gasteiger partial charge >= 0.3 is 12.0 Å². The van der Waals surface area contributed by atoms with Crippen molar-refractivity contribution < 1.29 is 18.9 Å². The lowest BCUT2D eigenvalue weighted by atomic mass is 9.99. The summed E-state index contributed by atoms with van der Waals surface area (Å²) in [6.45, 7) is 5.72. The zero-order valence-electron chi connectivity index (χ0n) is 11.1. The molecule has 0 spiro atoms. The Morgan fingerprint density at radius 2 is 1.94 bits per heavy atom. The van der Waals surface area contributed by atoms with Gasteiger partial charge in [-0.3, -0.25) is 4.21 Å². The van der Waals surface area contributed by atoms with Gasteiger partial charge in [0.2, 0.25) is 0 Å². The van der Waals surface area contributed by atoms with E-state index in [9.17, 15) is 13.8 Å². The molecule has 0 aliphatic rings. The van der Waals surface area contributed by atoms with Crippen molar-refractivity contribution in [3.63, 3.8) is 0 Å². The van der Waals surface area contributed by atoms with Crippen LogP contribution in [0.4, 0.5) is 4.79 Å². The molecule has 0 aromatic carbocycles. The van der Waals surface area contributed by atoms with Crippen LogP contribution in [-0.4, -0.2) is 45.4 Å². The van der Waals surface area contributed by atoms with Gasteiger partial charge in [0.1, 0.15) is 6.04 Å². The average molecular weight is 278 g/mol. The van der Waals surface area contributed by atoms with Crippen molar-refractivity contribution >= 4 is 22.8 Å². The number of hydrogen-bond donors (Lipinski definition) is 3. The lowest BCUT2D eigenvalue weighted by molar-refractivity contribution is -0.140. The first-order valence-electron chi connectivity index (χ1n) is 6.04. The number of hydrogen-bond acceptors (Lipinski definition) is 3. The third-order valence-electron chi connectivity index (χ3n) is 2.70. The Morgan fingerprint density at radius 1 is 1.33 bits per heavy atom. The van der Waals surface area contributed by atoms with Gasteiger partial charge in [0.25, 0.3) is 0 Å². The summed E-state index contributed by atoms with van der Waals surface area (Å²) in [5.41, 5.74) is 0. The Bertz CT molecular complexity index is 309. The summed E-state index contributed by atoms with van der Waals surface area (Å²) in [6.07, 6.45) is 0.664. The molecule has 0 bridgehead atoms. The van der Waals surface area contributed by atoms with Crippen molar-refractivity contribution in [1.29, 1.82) is 0 Å². The number of amides is 2. The van der Waals surface area contributed by atoms with E-state index in [2.05, 4.69) is 10.6 Å². The number of carbonyl (C=O) groups excluding carboxylic acids is 1.